The van der Waals surface area contributed by atoms with Gasteiger partial charge >= 0.3 is 0 Å². The first-order valence-corrected chi connectivity index (χ1v) is 8.25. The lowest BCUT2D eigenvalue weighted by Crippen LogP contribution is -2.13. The molecule has 2 heterocycles. The van der Waals surface area contributed by atoms with Crippen molar-refractivity contribution >= 4 is 11.7 Å². The van der Waals surface area contributed by atoms with Crippen molar-refractivity contribution in [1.29, 1.82) is 0 Å². The van der Waals surface area contributed by atoms with Gasteiger partial charge < -0.3 is 15.5 Å². The van der Waals surface area contributed by atoms with Crippen LogP contribution in [-0.2, 0) is 0 Å². The predicted octanol–water partition coefficient (Wildman–Crippen LogP) is 3.53. The number of aromatic hydroxyl groups is 2. The van der Waals surface area contributed by atoms with E-state index in [1.54, 1.807) is 24.3 Å². The van der Waals surface area contributed by atoms with E-state index in [9.17, 15) is 15.0 Å². The number of aromatic nitrogens is 3. The molecule has 134 valence electrons. The van der Waals surface area contributed by atoms with E-state index in [1.165, 1.54) is 16.7 Å². The summed E-state index contributed by atoms with van der Waals surface area (Å²) in [5, 5.41) is 30.2. The van der Waals surface area contributed by atoms with Gasteiger partial charge in [-0.25, -0.2) is 4.57 Å². The molecule has 0 aliphatic rings. The molecule has 2 aromatic carbocycles. The van der Waals surface area contributed by atoms with Gasteiger partial charge in [0.1, 0.15) is 5.69 Å². The van der Waals surface area contributed by atoms with E-state index in [0.29, 0.717) is 16.9 Å². The number of nitrogens with one attached hydrogen (secondary N) is 2. The summed E-state index contributed by atoms with van der Waals surface area (Å²) < 4.78 is 1.21. The highest BCUT2D eigenvalue weighted by atomic mass is 16.3. The van der Waals surface area contributed by atoms with Gasteiger partial charge in [-0.15, -0.1) is 0 Å². The Hall–Kier alpha value is -4.00. The molecule has 1 amide bonds. The second-order valence-electron chi connectivity index (χ2n) is 5.87. The molecule has 2 aromatic heterocycles. The van der Waals surface area contributed by atoms with Gasteiger partial charge in [-0.2, -0.15) is 5.10 Å². The zero-order chi connectivity index (χ0) is 18.8. The molecular formula is C20H16N4O3. The molecule has 0 unspecified atom stereocenters. The highest BCUT2D eigenvalue weighted by Crippen LogP contribution is 2.37. The molecule has 0 aliphatic carbocycles. The van der Waals surface area contributed by atoms with Crippen LogP contribution in [0, 0.1) is 0 Å². The zero-order valence-electron chi connectivity index (χ0n) is 14.1. The molecule has 7 nitrogen and oxygen atoms in total. The summed E-state index contributed by atoms with van der Waals surface area (Å²) >= 11 is 0. The second-order valence-corrected chi connectivity index (χ2v) is 5.87. The van der Waals surface area contributed by atoms with Crippen LogP contribution in [0.2, 0.25) is 0 Å². The van der Waals surface area contributed by atoms with Crippen molar-refractivity contribution in [2.45, 2.75) is 0 Å². The standard InChI is InChI=1S/C20H16N4O3/c25-15-11-12-16(26)24(15)18-17(13-7-3-1-4-8-13)22-23-19(18)21-20(27)14-9-5-2-6-10-14/h1-12,25-26H,(H2,21,22,23,27). The van der Waals surface area contributed by atoms with Gasteiger partial charge in [-0.3, -0.25) is 9.89 Å². The summed E-state index contributed by atoms with van der Waals surface area (Å²) in [5.74, 6) is -0.527. The maximum Gasteiger partial charge on any atom is 0.256 e. The first-order valence-electron chi connectivity index (χ1n) is 8.25. The first-order chi connectivity index (χ1) is 13.1. The van der Waals surface area contributed by atoms with Crippen LogP contribution in [0.25, 0.3) is 16.9 Å². The molecule has 0 atom stereocenters. The third-order valence-corrected chi connectivity index (χ3v) is 4.13. The summed E-state index contributed by atoms with van der Waals surface area (Å²) in [5.41, 5.74) is 2.13. The molecule has 0 saturated carbocycles. The van der Waals surface area contributed by atoms with Crippen molar-refractivity contribution < 1.29 is 15.0 Å². The summed E-state index contributed by atoms with van der Waals surface area (Å²) in [6, 6.07) is 20.7. The van der Waals surface area contributed by atoms with Crippen molar-refractivity contribution in [1.82, 2.24) is 14.8 Å². The van der Waals surface area contributed by atoms with Crippen LogP contribution in [0.15, 0.2) is 72.8 Å². The van der Waals surface area contributed by atoms with E-state index in [0.717, 1.165) is 5.56 Å². The van der Waals surface area contributed by atoms with Crippen LogP contribution < -0.4 is 5.32 Å². The van der Waals surface area contributed by atoms with Crippen molar-refractivity contribution in [2.75, 3.05) is 5.32 Å². The lowest BCUT2D eigenvalue weighted by Gasteiger charge is -2.11. The van der Waals surface area contributed by atoms with Gasteiger partial charge in [-0.05, 0) is 12.1 Å². The molecule has 0 fully saturated rings. The van der Waals surface area contributed by atoms with Crippen LogP contribution in [0.1, 0.15) is 10.4 Å². The van der Waals surface area contributed by atoms with E-state index in [1.807, 2.05) is 36.4 Å². The highest BCUT2D eigenvalue weighted by Gasteiger charge is 2.22. The number of rotatable bonds is 4. The Labute approximate surface area is 154 Å². The Morgan fingerprint density at radius 1 is 0.889 bits per heavy atom. The van der Waals surface area contributed by atoms with E-state index in [4.69, 9.17) is 0 Å². The SMILES string of the molecule is O=C(Nc1n[nH]c(-c2ccccc2)c1-n1c(O)ccc1O)c1ccccc1. The maximum atomic E-state index is 12.6. The molecule has 0 spiro atoms. The van der Waals surface area contributed by atoms with Crippen molar-refractivity contribution in [3.05, 3.63) is 78.4 Å². The van der Waals surface area contributed by atoms with Gasteiger partial charge in [-0.1, -0.05) is 48.5 Å². The average Bonchev–Trinajstić information content (AvgIpc) is 3.25. The van der Waals surface area contributed by atoms with Gasteiger partial charge in [0.05, 0.1) is 5.69 Å². The molecule has 4 aromatic rings. The minimum absolute atomic E-state index is 0.179. The molecule has 7 heteroatoms. The Kier molecular flexibility index (Phi) is 4.10. The fourth-order valence-corrected chi connectivity index (χ4v) is 2.86. The van der Waals surface area contributed by atoms with Crippen molar-refractivity contribution in [3.8, 4) is 28.7 Å². The lowest BCUT2D eigenvalue weighted by atomic mass is 10.1. The minimum atomic E-state index is -0.353. The lowest BCUT2D eigenvalue weighted by molar-refractivity contribution is 0.102. The molecule has 27 heavy (non-hydrogen) atoms. The van der Waals surface area contributed by atoms with E-state index in [-0.39, 0.29) is 23.5 Å². The van der Waals surface area contributed by atoms with Crippen LogP contribution in [-0.4, -0.2) is 30.9 Å². The number of nitrogens with zero attached hydrogens (tertiary/aromatic N) is 2. The highest BCUT2D eigenvalue weighted by molar-refractivity contribution is 6.05. The van der Waals surface area contributed by atoms with Gasteiger partial charge in [0.2, 0.25) is 0 Å². The summed E-state index contributed by atoms with van der Waals surface area (Å²) in [4.78, 5) is 12.6. The molecule has 4 N–H and O–H groups in total. The molecular weight excluding hydrogens is 344 g/mol. The third kappa shape index (κ3) is 3.02. The normalized spacial score (nSPS) is 10.7. The minimum Gasteiger partial charge on any atom is -0.494 e. The predicted molar refractivity (Wildman–Crippen MR) is 101 cm³/mol. The Balaban J connectivity index is 1.83. The quantitative estimate of drug-likeness (QED) is 0.447. The second kappa shape index (κ2) is 6.72. The number of benzene rings is 2. The van der Waals surface area contributed by atoms with Gasteiger partial charge in [0.15, 0.2) is 17.6 Å². The smallest absolute Gasteiger partial charge is 0.256 e. The number of aromatic amines is 1. The molecule has 0 saturated heterocycles. The number of amides is 1. The Morgan fingerprint density at radius 3 is 2.11 bits per heavy atom. The number of hydrogen-bond acceptors (Lipinski definition) is 4. The zero-order valence-corrected chi connectivity index (χ0v) is 14.1. The number of carbonyl (C=O) groups is 1. The molecule has 0 bridgehead atoms. The van der Waals surface area contributed by atoms with Crippen molar-refractivity contribution in [3.63, 3.8) is 0 Å². The summed E-state index contributed by atoms with van der Waals surface area (Å²) in [6.07, 6.45) is 0. The maximum absolute atomic E-state index is 12.6. The summed E-state index contributed by atoms with van der Waals surface area (Å²) in [7, 11) is 0. The topological polar surface area (TPSA) is 103 Å². The van der Waals surface area contributed by atoms with Crippen LogP contribution in [0.4, 0.5) is 5.82 Å². The average molecular weight is 360 g/mol. The summed E-state index contributed by atoms with van der Waals surface area (Å²) in [6.45, 7) is 0. The number of H-pyrrole nitrogens is 1. The number of carbonyl (C=O) groups excluding carboxylic acids is 1. The fraction of sp³-hybridized carbons (Fsp3) is 0. The van der Waals surface area contributed by atoms with E-state index in [2.05, 4.69) is 15.5 Å². The Morgan fingerprint density at radius 2 is 1.48 bits per heavy atom. The molecule has 0 aliphatic heterocycles. The monoisotopic (exact) mass is 360 g/mol. The molecule has 4 rings (SSSR count). The van der Waals surface area contributed by atoms with Gasteiger partial charge in [0.25, 0.3) is 5.91 Å². The number of hydrogen-bond donors (Lipinski definition) is 4. The van der Waals surface area contributed by atoms with Crippen LogP contribution in [0.3, 0.4) is 0 Å². The number of anilines is 1. The fourth-order valence-electron chi connectivity index (χ4n) is 2.86. The van der Waals surface area contributed by atoms with Gasteiger partial charge in [0, 0.05) is 23.3 Å². The van der Waals surface area contributed by atoms with Crippen LogP contribution in [0.5, 0.6) is 11.8 Å². The van der Waals surface area contributed by atoms with E-state index < -0.39 is 0 Å². The first kappa shape index (κ1) is 16.5. The van der Waals surface area contributed by atoms with Crippen molar-refractivity contribution in [2.24, 2.45) is 0 Å². The largest absolute Gasteiger partial charge is 0.494 e. The van der Waals surface area contributed by atoms with E-state index >= 15 is 0 Å². The Bertz CT molecular complexity index is 1070. The molecule has 0 radical (unpaired) electrons. The van der Waals surface area contributed by atoms with Crippen LogP contribution >= 0.6 is 0 Å². The third-order valence-electron chi connectivity index (χ3n) is 4.13.